The average molecular weight is 712 g/mol. The van der Waals surface area contributed by atoms with Gasteiger partial charge in [-0.05, 0) is 38.5 Å². The predicted molar refractivity (Wildman–Crippen MR) is 149 cm³/mol. The fourth-order valence-electron chi connectivity index (χ4n) is 3.94. The highest BCUT2D eigenvalue weighted by Crippen LogP contribution is 2.60. The summed E-state index contributed by atoms with van der Waals surface area (Å²) in [5.41, 5.74) is 0. The van der Waals surface area contributed by atoms with Gasteiger partial charge in [-0.2, -0.15) is 43.9 Å². The zero-order valence-electron chi connectivity index (χ0n) is 24.8. The first-order valence-electron chi connectivity index (χ1n) is 13.9. The summed E-state index contributed by atoms with van der Waals surface area (Å²) in [5.74, 6) is 0. The Balaban J connectivity index is 0. The second-order valence-corrected chi connectivity index (χ2v) is 18.0. The van der Waals surface area contributed by atoms with E-state index >= 15 is 0 Å². The molecule has 0 saturated heterocycles. The van der Waals surface area contributed by atoms with Crippen LogP contribution in [0.15, 0.2) is 0 Å². The molecule has 0 radical (unpaired) electrons. The van der Waals surface area contributed by atoms with Crippen molar-refractivity contribution in [3.63, 3.8) is 0 Å². The molecule has 0 aliphatic heterocycles. The number of hydrogen-bond donors (Lipinski definition) is 0. The van der Waals surface area contributed by atoms with Crippen molar-refractivity contribution in [2.45, 2.75) is 121 Å². The fourth-order valence-corrected chi connectivity index (χ4v) is 10.6. The third-order valence-corrected chi connectivity index (χ3v) is 14.3. The van der Waals surface area contributed by atoms with Gasteiger partial charge in [-0.25, -0.2) is 16.8 Å². The van der Waals surface area contributed by atoms with Crippen molar-refractivity contribution in [2.24, 2.45) is 0 Å². The lowest BCUT2D eigenvalue weighted by molar-refractivity contribution is -0.241. The minimum Gasteiger partial charge on any atom is -0.425 e. The summed E-state index contributed by atoms with van der Waals surface area (Å²) in [6, 6.07) is 0. The molecule has 0 fully saturated rings. The van der Waals surface area contributed by atoms with E-state index in [1.165, 1.54) is 95.5 Å². The number of halogens is 10. The minimum absolute atomic E-state index is 0.422. The Morgan fingerprint density at radius 3 is 1.02 bits per heavy atom. The number of rotatable bonds is 21. The molecule has 0 amide bonds. The van der Waals surface area contributed by atoms with Gasteiger partial charge in [0, 0.05) is 14.4 Å². The van der Waals surface area contributed by atoms with Crippen LogP contribution < -0.4 is 0 Å². The van der Waals surface area contributed by atoms with Gasteiger partial charge in [0.2, 0.25) is 0 Å². The van der Waals surface area contributed by atoms with Crippen LogP contribution in [0, 0.1) is 0 Å². The van der Waals surface area contributed by atoms with Crippen molar-refractivity contribution < 1.29 is 65.5 Å². The molecule has 0 atom stereocenters. The molecule has 0 aromatic carbocycles. The lowest BCUT2D eigenvalue weighted by Gasteiger charge is -2.31. The summed E-state index contributed by atoms with van der Waals surface area (Å²) in [7, 11) is -14.1. The molecule has 0 aliphatic rings. The van der Waals surface area contributed by atoms with Crippen molar-refractivity contribution in [2.75, 3.05) is 31.9 Å². The van der Waals surface area contributed by atoms with Crippen molar-refractivity contribution in [3.05, 3.63) is 4.13 Å². The summed E-state index contributed by atoms with van der Waals surface area (Å²) in [4.78, 5) is 0. The third-order valence-electron chi connectivity index (χ3n) is 6.37. The zero-order chi connectivity index (χ0) is 34.2. The Labute approximate surface area is 249 Å². The third kappa shape index (κ3) is 14.7. The maximum absolute atomic E-state index is 12.3. The lowest BCUT2D eigenvalue weighted by atomic mass is 10.2. The van der Waals surface area contributed by atoms with Crippen molar-refractivity contribution in [3.8, 4) is 0 Å². The zero-order valence-corrected chi connectivity index (χ0v) is 27.4. The number of alkyl halides is 10. The molecule has 19 heteroatoms. The van der Waals surface area contributed by atoms with E-state index in [1.807, 2.05) is 7.11 Å². The van der Waals surface area contributed by atoms with Crippen LogP contribution >= 0.6 is 7.26 Å². The highest BCUT2D eigenvalue weighted by molar-refractivity contribution is 8.13. The van der Waals surface area contributed by atoms with Crippen LogP contribution in [0.5, 0.6) is 0 Å². The monoisotopic (exact) mass is 711 g/mol. The Morgan fingerprint density at radius 1 is 0.535 bits per heavy atom. The standard InChI is InChI=1S/C20H44OP.C4F10NO4S2/c1-5-8-11-14-17-22(20-21-4,18-15-12-9-6-2)19-16-13-10-7-3;5-1(6,7)3(11,12)20(16,17)15-21(18,19)4(13,14)2(8,9)10/h5-20H2,1-4H3;/q+1;-1. The SMILES string of the molecule is CCCCCC[P+](CCCCCC)(CCCCCC)COC.O=S(=O)([N-]S(=O)(=O)C(F)(F)C(F)(F)F)C(F)(F)C(F)(F)F. The second kappa shape index (κ2) is 19.3. The smallest absolute Gasteiger partial charge is 0.425 e. The van der Waals surface area contributed by atoms with Gasteiger partial charge in [0.25, 0.3) is 0 Å². The van der Waals surface area contributed by atoms with Gasteiger partial charge in [-0.3, -0.25) is 0 Å². The van der Waals surface area contributed by atoms with E-state index in [4.69, 9.17) is 4.74 Å². The van der Waals surface area contributed by atoms with E-state index in [9.17, 15) is 60.7 Å². The largest absolute Gasteiger partial charge is 0.467 e. The van der Waals surface area contributed by atoms with Crippen LogP contribution in [0.25, 0.3) is 4.13 Å². The van der Waals surface area contributed by atoms with E-state index in [-0.39, 0.29) is 0 Å². The quantitative estimate of drug-likeness (QED) is 0.0672. The molecule has 0 aromatic rings. The molecule has 0 aliphatic carbocycles. The Kier molecular flexibility index (Phi) is 20.0. The van der Waals surface area contributed by atoms with Crippen LogP contribution in [0.2, 0.25) is 0 Å². The maximum Gasteiger partial charge on any atom is 0.467 e. The topological polar surface area (TPSA) is 91.6 Å². The number of sulfonamides is 2. The van der Waals surface area contributed by atoms with Crippen LogP contribution in [0.3, 0.4) is 0 Å². The van der Waals surface area contributed by atoms with E-state index in [0.717, 1.165) is 6.35 Å². The van der Waals surface area contributed by atoms with Crippen LogP contribution in [-0.4, -0.2) is 71.6 Å². The molecule has 0 spiro atoms. The molecule has 0 aromatic heterocycles. The first-order valence-corrected chi connectivity index (χ1v) is 19.3. The van der Waals surface area contributed by atoms with Gasteiger partial charge >= 0.3 is 22.9 Å². The molecular weight excluding hydrogens is 667 g/mol. The van der Waals surface area contributed by atoms with Crippen molar-refractivity contribution in [1.82, 2.24) is 0 Å². The summed E-state index contributed by atoms with van der Waals surface area (Å²) < 4.78 is 167. The van der Waals surface area contributed by atoms with Gasteiger partial charge in [0.1, 0.15) is 0 Å². The van der Waals surface area contributed by atoms with E-state index < -0.39 is 50.2 Å². The highest BCUT2D eigenvalue weighted by Gasteiger charge is 2.68. The molecule has 0 rings (SSSR count). The molecule has 262 valence electrons. The van der Waals surface area contributed by atoms with E-state index in [2.05, 4.69) is 20.8 Å². The molecule has 0 unspecified atom stereocenters. The van der Waals surface area contributed by atoms with Crippen LogP contribution in [0.4, 0.5) is 43.9 Å². The summed E-state index contributed by atoms with van der Waals surface area (Å²) in [6.45, 7) is 6.94. The maximum atomic E-state index is 12.3. The predicted octanol–water partition coefficient (Wildman–Crippen LogP) is 9.68. The highest BCUT2D eigenvalue weighted by atomic mass is 32.3. The number of unbranched alkanes of at least 4 members (excludes halogenated alkanes) is 9. The molecule has 0 heterocycles. The first kappa shape index (κ1) is 44.7. The van der Waals surface area contributed by atoms with E-state index in [1.54, 1.807) is 0 Å². The molecule has 6 nitrogen and oxygen atoms in total. The molecule has 43 heavy (non-hydrogen) atoms. The average Bonchev–Trinajstić information content (AvgIpc) is 2.85. The van der Waals surface area contributed by atoms with Crippen LogP contribution in [-0.2, 0) is 24.8 Å². The number of hydrogen-bond acceptors (Lipinski definition) is 5. The van der Waals surface area contributed by atoms with Crippen molar-refractivity contribution >= 4 is 27.3 Å². The van der Waals surface area contributed by atoms with E-state index in [0.29, 0.717) is 4.13 Å². The first-order chi connectivity index (χ1) is 19.4. The normalized spacial score (nSPS) is 14.0. The number of ether oxygens (including phenoxy) is 1. The molecule has 0 bridgehead atoms. The number of nitrogens with zero attached hydrogens (tertiary/aromatic N) is 1. The minimum atomic E-state index is -7.62. The van der Waals surface area contributed by atoms with Gasteiger partial charge in [-0.1, -0.05) is 59.3 Å². The van der Waals surface area contributed by atoms with Gasteiger partial charge in [0.15, 0.2) is 26.4 Å². The van der Waals surface area contributed by atoms with Gasteiger partial charge in [-0.15, -0.1) is 0 Å². The lowest BCUT2D eigenvalue weighted by Crippen LogP contribution is -2.48. The Morgan fingerprint density at radius 2 is 0.814 bits per heavy atom. The fraction of sp³-hybridized carbons (Fsp3) is 1.00. The Hall–Kier alpha value is -0.450. The van der Waals surface area contributed by atoms with Crippen LogP contribution in [0.1, 0.15) is 97.8 Å². The summed E-state index contributed by atoms with van der Waals surface area (Å²) in [6.07, 6.45) is 8.55. The molecular formula is C24H44F10NO5PS2. The molecule has 0 saturated carbocycles. The van der Waals surface area contributed by atoms with Crippen molar-refractivity contribution in [1.29, 1.82) is 0 Å². The summed E-state index contributed by atoms with van der Waals surface area (Å²) in [5, 5.41) is -14.0. The van der Waals surface area contributed by atoms with Gasteiger partial charge < -0.3 is 8.86 Å². The Bertz CT molecular complexity index is 891. The number of methoxy groups -OCH3 is 1. The van der Waals surface area contributed by atoms with Gasteiger partial charge in [0.05, 0.1) is 18.5 Å². The molecule has 0 N–H and O–H groups in total. The summed E-state index contributed by atoms with van der Waals surface area (Å²) >= 11 is 0. The second-order valence-electron chi connectivity index (χ2n) is 10.2.